The van der Waals surface area contributed by atoms with Gasteiger partial charge in [-0.05, 0) is 18.6 Å². The molecule has 0 atom stereocenters. The SMILES string of the molecule is CCCCCCCCCNS(=O)(=O)c1cc(Cl)c(Cl)cc1Cl. The molecule has 3 nitrogen and oxygen atoms in total. The number of unbranched alkanes of at least 4 members (excludes halogenated alkanes) is 6. The van der Waals surface area contributed by atoms with E-state index in [1.165, 1.54) is 37.8 Å². The summed E-state index contributed by atoms with van der Waals surface area (Å²) in [5, 5.41) is 0.474. The Morgan fingerprint density at radius 1 is 0.864 bits per heavy atom. The number of nitrogens with one attached hydrogen (secondary N) is 1. The zero-order valence-electron chi connectivity index (χ0n) is 12.7. The highest BCUT2D eigenvalue weighted by molar-refractivity contribution is 7.89. The van der Waals surface area contributed by atoms with Gasteiger partial charge in [0.25, 0.3) is 0 Å². The molecule has 1 aromatic rings. The third-order valence-corrected chi connectivity index (χ3v) is 5.98. The highest BCUT2D eigenvalue weighted by Gasteiger charge is 2.19. The fourth-order valence-electron chi connectivity index (χ4n) is 2.08. The lowest BCUT2D eigenvalue weighted by Crippen LogP contribution is -2.25. The van der Waals surface area contributed by atoms with Crippen LogP contribution in [0.5, 0.6) is 0 Å². The molecular weight excluding hydrogens is 365 g/mol. The van der Waals surface area contributed by atoms with Crippen molar-refractivity contribution in [3.05, 3.63) is 27.2 Å². The third-order valence-electron chi connectivity index (χ3n) is 3.34. The molecule has 1 aromatic carbocycles. The smallest absolute Gasteiger partial charge is 0.211 e. The Bertz CT molecular complexity index is 576. The van der Waals surface area contributed by atoms with Crippen molar-refractivity contribution in [3.63, 3.8) is 0 Å². The second-order valence-electron chi connectivity index (χ2n) is 5.22. The van der Waals surface area contributed by atoms with Crippen LogP contribution >= 0.6 is 34.8 Å². The monoisotopic (exact) mass is 385 g/mol. The van der Waals surface area contributed by atoms with E-state index in [1.54, 1.807) is 0 Å². The molecule has 0 fully saturated rings. The summed E-state index contributed by atoms with van der Waals surface area (Å²) in [5.74, 6) is 0. The molecule has 0 aliphatic heterocycles. The molecule has 0 heterocycles. The van der Waals surface area contributed by atoms with Crippen LogP contribution in [-0.2, 0) is 10.0 Å². The maximum absolute atomic E-state index is 12.2. The van der Waals surface area contributed by atoms with Gasteiger partial charge in [0.05, 0.1) is 15.1 Å². The van der Waals surface area contributed by atoms with Gasteiger partial charge in [-0.2, -0.15) is 0 Å². The number of benzene rings is 1. The first-order valence-corrected chi connectivity index (χ1v) is 10.1. The van der Waals surface area contributed by atoms with Gasteiger partial charge in [0.1, 0.15) is 4.90 Å². The summed E-state index contributed by atoms with van der Waals surface area (Å²) >= 11 is 17.6. The van der Waals surface area contributed by atoms with E-state index in [2.05, 4.69) is 11.6 Å². The Morgan fingerprint density at radius 3 is 2.05 bits per heavy atom. The zero-order valence-corrected chi connectivity index (χ0v) is 15.8. The standard InChI is InChI=1S/C15H22Cl3NO2S/c1-2-3-4-5-6-7-8-9-19-22(20,21)15-11-13(17)12(16)10-14(15)18/h10-11,19H,2-9H2,1H3. The molecule has 0 unspecified atom stereocenters. The number of halogens is 3. The van der Waals surface area contributed by atoms with E-state index < -0.39 is 10.0 Å². The van der Waals surface area contributed by atoms with E-state index in [-0.39, 0.29) is 20.0 Å². The molecule has 1 rings (SSSR count). The average Bonchev–Trinajstić information content (AvgIpc) is 2.45. The van der Waals surface area contributed by atoms with E-state index in [9.17, 15) is 8.42 Å². The Kier molecular flexibility index (Phi) is 9.10. The first kappa shape index (κ1) is 20.0. The molecule has 7 heteroatoms. The van der Waals surface area contributed by atoms with E-state index >= 15 is 0 Å². The van der Waals surface area contributed by atoms with Gasteiger partial charge in [0.2, 0.25) is 10.0 Å². The lowest BCUT2D eigenvalue weighted by Gasteiger charge is -2.09. The molecule has 0 saturated heterocycles. The third kappa shape index (κ3) is 6.63. The van der Waals surface area contributed by atoms with Gasteiger partial charge in [-0.15, -0.1) is 0 Å². The van der Waals surface area contributed by atoms with Crippen molar-refractivity contribution in [3.8, 4) is 0 Å². The quantitative estimate of drug-likeness (QED) is 0.415. The van der Waals surface area contributed by atoms with Gasteiger partial charge in [-0.3, -0.25) is 0 Å². The zero-order chi connectivity index (χ0) is 16.6. The number of sulfonamides is 1. The summed E-state index contributed by atoms with van der Waals surface area (Å²) in [6, 6.07) is 2.62. The molecule has 126 valence electrons. The molecule has 0 saturated carbocycles. The van der Waals surface area contributed by atoms with Crippen LogP contribution in [0.1, 0.15) is 51.9 Å². The Hall–Kier alpha value is -0.000000000000000111. The van der Waals surface area contributed by atoms with E-state index in [4.69, 9.17) is 34.8 Å². The topological polar surface area (TPSA) is 46.2 Å². The van der Waals surface area contributed by atoms with Gasteiger partial charge in [-0.1, -0.05) is 80.3 Å². The Morgan fingerprint density at radius 2 is 1.41 bits per heavy atom. The predicted octanol–water partition coefficient (Wildman–Crippen LogP) is 5.68. The normalized spacial score (nSPS) is 11.8. The van der Waals surface area contributed by atoms with Gasteiger partial charge in [0, 0.05) is 6.54 Å². The second-order valence-corrected chi connectivity index (χ2v) is 8.17. The molecule has 1 N–H and O–H groups in total. The fraction of sp³-hybridized carbons (Fsp3) is 0.600. The van der Waals surface area contributed by atoms with Gasteiger partial charge < -0.3 is 0 Å². The van der Waals surface area contributed by atoms with Crippen LogP contribution in [0.3, 0.4) is 0 Å². The molecule has 0 spiro atoms. The highest BCUT2D eigenvalue weighted by atomic mass is 35.5. The minimum Gasteiger partial charge on any atom is -0.211 e. The first-order valence-electron chi connectivity index (χ1n) is 7.52. The second kappa shape index (κ2) is 9.99. The summed E-state index contributed by atoms with van der Waals surface area (Å²) in [4.78, 5) is -0.0356. The molecular formula is C15H22Cl3NO2S. The minimum absolute atomic E-state index is 0.0356. The van der Waals surface area contributed by atoms with Crippen molar-refractivity contribution in [2.24, 2.45) is 0 Å². The van der Waals surface area contributed by atoms with Crippen LogP contribution in [0.2, 0.25) is 15.1 Å². The maximum atomic E-state index is 12.2. The predicted molar refractivity (Wildman–Crippen MR) is 94.7 cm³/mol. The van der Waals surface area contributed by atoms with Crippen molar-refractivity contribution >= 4 is 44.8 Å². The van der Waals surface area contributed by atoms with Crippen LogP contribution in [0.15, 0.2) is 17.0 Å². The molecule has 22 heavy (non-hydrogen) atoms. The van der Waals surface area contributed by atoms with Crippen LogP contribution in [0.4, 0.5) is 0 Å². The fourth-order valence-corrected chi connectivity index (χ4v) is 4.15. The number of hydrogen-bond acceptors (Lipinski definition) is 2. The summed E-state index contributed by atoms with van der Waals surface area (Å²) in [6.45, 7) is 2.58. The van der Waals surface area contributed by atoms with Crippen LogP contribution in [-0.4, -0.2) is 15.0 Å². The van der Waals surface area contributed by atoms with Crippen molar-refractivity contribution in [2.75, 3.05) is 6.54 Å². The molecule has 0 aromatic heterocycles. The van der Waals surface area contributed by atoms with Gasteiger partial charge >= 0.3 is 0 Å². The summed E-state index contributed by atoms with van der Waals surface area (Å²) in [6.07, 6.45) is 7.91. The lowest BCUT2D eigenvalue weighted by molar-refractivity contribution is 0.563. The molecule has 0 aliphatic rings. The Labute approximate surface area is 148 Å². The van der Waals surface area contributed by atoms with Crippen molar-refractivity contribution in [2.45, 2.75) is 56.8 Å². The van der Waals surface area contributed by atoms with Crippen molar-refractivity contribution < 1.29 is 8.42 Å². The minimum atomic E-state index is -3.66. The van der Waals surface area contributed by atoms with Gasteiger partial charge in [0.15, 0.2) is 0 Å². The van der Waals surface area contributed by atoms with Gasteiger partial charge in [-0.25, -0.2) is 13.1 Å². The maximum Gasteiger partial charge on any atom is 0.242 e. The first-order chi connectivity index (χ1) is 10.4. The average molecular weight is 387 g/mol. The van der Waals surface area contributed by atoms with E-state index in [0.29, 0.717) is 6.54 Å². The van der Waals surface area contributed by atoms with Crippen LogP contribution < -0.4 is 4.72 Å². The molecule has 0 amide bonds. The van der Waals surface area contributed by atoms with Crippen molar-refractivity contribution in [1.29, 1.82) is 0 Å². The summed E-state index contributed by atoms with van der Waals surface area (Å²) < 4.78 is 26.9. The lowest BCUT2D eigenvalue weighted by atomic mass is 10.1. The number of rotatable bonds is 10. The summed E-state index contributed by atoms with van der Waals surface area (Å²) in [5.41, 5.74) is 0. The van der Waals surface area contributed by atoms with E-state index in [0.717, 1.165) is 19.3 Å². The molecule has 0 radical (unpaired) electrons. The highest BCUT2D eigenvalue weighted by Crippen LogP contribution is 2.31. The Balaban J connectivity index is 2.43. The molecule has 0 bridgehead atoms. The van der Waals surface area contributed by atoms with E-state index in [1.807, 2.05) is 0 Å². The number of hydrogen-bond donors (Lipinski definition) is 1. The summed E-state index contributed by atoms with van der Waals surface area (Å²) in [7, 11) is -3.66. The van der Waals surface area contributed by atoms with Crippen LogP contribution in [0.25, 0.3) is 0 Å². The van der Waals surface area contributed by atoms with Crippen molar-refractivity contribution in [1.82, 2.24) is 4.72 Å². The largest absolute Gasteiger partial charge is 0.242 e. The molecule has 0 aliphatic carbocycles. The van der Waals surface area contributed by atoms with Crippen LogP contribution in [0, 0.1) is 0 Å².